The van der Waals surface area contributed by atoms with E-state index in [0.29, 0.717) is 37.6 Å². The smallest absolute Gasteiger partial charge is 0.414 e. The van der Waals surface area contributed by atoms with Gasteiger partial charge in [-0.05, 0) is 18.2 Å². The van der Waals surface area contributed by atoms with Gasteiger partial charge in [0.1, 0.15) is 12.4 Å². The van der Waals surface area contributed by atoms with Crippen molar-refractivity contribution in [1.82, 2.24) is 10.2 Å². The first-order chi connectivity index (χ1) is 12.9. The van der Waals surface area contributed by atoms with Crippen molar-refractivity contribution in [1.29, 1.82) is 0 Å². The monoisotopic (exact) mass is 380 g/mol. The van der Waals surface area contributed by atoms with E-state index in [1.165, 1.54) is 22.8 Å². The van der Waals surface area contributed by atoms with Gasteiger partial charge in [0.05, 0.1) is 17.4 Å². The fourth-order valence-corrected chi connectivity index (χ4v) is 3.23. The van der Waals surface area contributed by atoms with Crippen molar-refractivity contribution in [2.45, 2.75) is 13.0 Å². The van der Waals surface area contributed by atoms with Crippen molar-refractivity contribution >= 4 is 29.5 Å². The lowest BCUT2D eigenvalue weighted by atomic mass is 10.2. The maximum atomic E-state index is 14.7. The van der Waals surface area contributed by atoms with Gasteiger partial charge in [-0.3, -0.25) is 9.69 Å². The van der Waals surface area contributed by atoms with Crippen molar-refractivity contribution in [3.8, 4) is 0 Å². The molecule has 10 heteroatoms. The second-order valence-electron chi connectivity index (χ2n) is 6.43. The summed E-state index contributed by atoms with van der Waals surface area (Å²) in [5, 5.41) is 11.6. The van der Waals surface area contributed by atoms with E-state index in [4.69, 9.17) is 9.84 Å². The molecule has 27 heavy (non-hydrogen) atoms. The summed E-state index contributed by atoms with van der Waals surface area (Å²) in [5.74, 6) is -0.731. The molecular formula is C17H21FN4O5. The second kappa shape index (κ2) is 7.68. The Kier molecular flexibility index (Phi) is 5.33. The van der Waals surface area contributed by atoms with E-state index < -0.39 is 24.0 Å². The molecular weight excluding hydrogens is 359 g/mol. The first-order valence-electron chi connectivity index (χ1n) is 8.59. The van der Waals surface area contributed by atoms with Crippen molar-refractivity contribution in [3.63, 3.8) is 0 Å². The number of piperazine rings is 1. The van der Waals surface area contributed by atoms with Crippen LogP contribution in [0.1, 0.15) is 6.92 Å². The quantitative estimate of drug-likeness (QED) is 0.811. The van der Waals surface area contributed by atoms with Gasteiger partial charge in [0.25, 0.3) is 0 Å². The molecule has 0 unspecified atom stereocenters. The van der Waals surface area contributed by atoms with Crippen LogP contribution in [0.5, 0.6) is 0 Å². The Morgan fingerprint density at radius 2 is 2.00 bits per heavy atom. The second-order valence-corrected chi connectivity index (χ2v) is 6.43. The van der Waals surface area contributed by atoms with Gasteiger partial charge in [-0.1, -0.05) is 0 Å². The zero-order valence-corrected chi connectivity index (χ0v) is 14.9. The van der Waals surface area contributed by atoms with Crippen LogP contribution in [0.3, 0.4) is 0 Å². The molecule has 1 aromatic carbocycles. The molecule has 2 saturated heterocycles. The molecule has 3 rings (SSSR count). The number of carbonyl (C=O) groups excluding carboxylic acids is 2. The van der Waals surface area contributed by atoms with Crippen LogP contribution in [-0.2, 0) is 9.53 Å². The van der Waals surface area contributed by atoms with E-state index in [1.807, 2.05) is 0 Å². The van der Waals surface area contributed by atoms with Gasteiger partial charge in [-0.25, -0.2) is 14.0 Å². The van der Waals surface area contributed by atoms with Crippen LogP contribution >= 0.6 is 0 Å². The minimum absolute atomic E-state index is 0.111. The SMILES string of the molecule is CC(=O)NC[C@H]1COC(=O)N1c1ccc(N2CCN(C(=O)O)CC2)c(F)c1. The van der Waals surface area contributed by atoms with Gasteiger partial charge in [-0.15, -0.1) is 0 Å². The molecule has 2 aliphatic heterocycles. The van der Waals surface area contributed by atoms with Crippen LogP contribution in [0.15, 0.2) is 18.2 Å². The molecule has 3 amide bonds. The van der Waals surface area contributed by atoms with Crippen molar-refractivity contribution in [2.24, 2.45) is 0 Å². The first kappa shape index (κ1) is 18.7. The normalized spacial score (nSPS) is 19.9. The maximum absolute atomic E-state index is 14.7. The zero-order chi connectivity index (χ0) is 19.6. The lowest BCUT2D eigenvalue weighted by Crippen LogP contribution is -2.48. The molecule has 2 heterocycles. The fourth-order valence-electron chi connectivity index (χ4n) is 3.23. The topological polar surface area (TPSA) is 102 Å². The average molecular weight is 380 g/mol. The van der Waals surface area contributed by atoms with Gasteiger partial charge >= 0.3 is 12.2 Å². The van der Waals surface area contributed by atoms with Crippen LogP contribution in [0.2, 0.25) is 0 Å². The number of carboxylic acid groups (broad SMARTS) is 1. The number of amides is 3. The Morgan fingerprint density at radius 1 is 1.30 bits per heavy atom. The summed E-state index contributed by atoms with van der Waals surface area (Å²) in [7, 11) is 0. The zero-order valence-electron chi connectivity index (χ0n) is 14.9. The summed E-state index contributed by atoms with van der Waals surface area (Å²) in [6.07, 6.45) is -1.57. The number of carbonyl (C=O) groups is 3. The number of ether oxygens (including phenoxy) is 1. The molecule has 2 N–H and O–H groups in total. The van der Waals surface area contributed by atoms with Crippen molar-refractivity contribution in [3.05, 3.63) is 24.0 Å². The Bertz CT molecular complexity index is 751. The minimum Gasteiger partial charge on any atom is -0.465 e. The highest BCUT2D eigenvalue weighted by atomic mass is 19.1. The Balaban J connectivity index is 1.73. The number of nitrogens with one attached hydrogen (secondary N) is 1. The third-order valence-electron chi connectivity index (χ3n) is 4.65. The first-order valence-corrected chi connectivity index (χ1v) is 8.59. The molecule has 0 aliphatic carbocycles. The molecule has 2 fully saturated rings. The Morgan fingerprint density at radius 3 is 2.59 bits per heavy atom. The number of anilines is 2. The standard InChI is InChI=1S/C17H21FN4O5/c1-11(23)19-9-13-10-27-17(26)22(13)12-2-3-15(14(18)8-12)20-4-6-21(7-5-20)16(24)25/h2-3,8,13H,4-7,9-10H2,1H3,(H,19,23)(H,24,25)/t13-/m0/s1. The highest BCUT2D eigenvalue weighted by molar-refractivity contribution is 5.90. The lowest BCUT2D eigenvalue weighted by molar-refractivity contribution is -0.119. The van der Waals surface area contributed by atoms with Crippen molar-refractivity contribution < 1.29 is 28.6 Å². The Labute approximate surface area is 155 Å². The van der Waals surface area contributed by atoms with Crippen LogP contribution in [0.25, 0.3) is 0 Å². The highest BCUT2D eigenvalue weighted by Gasteiger charge is 2.35. The Hall–Kier alpha value is -3.04. The number of benzene rings is 1. The third kappa shape index (κ3) is 4.04. The number of hydrogen-bond acceptors (Lipinski definition) is 5. The van der Waals surface area contributed by atoms with Gasteiger partial charge in [0, 0.05) is 39.6 Å². The third-order valence-corrected chi connectivity index (χ3v) is 4.65. The molecule has 2 aliphatic rings. The number of cyclic esters (lactones) is 1. The van der Waals surface area contributed by atoms with Gasteiger partial charge in [0.2, 0.25) is 5.91 Å². The van der Waals surface area contributed by atoms with E-state index in [9.17, 15) is 18.8 Å². The van der Waals surface area contributed by atoms with E-state index in [-0.39, 0.29) is 19.1 Å². The molecule has 0 spiro atoms. The average Bonchev–Trinajstić information content (AvgIpc) is 3.00. The number of halogens is 1. The molecule has 0 aromatic heterocycles. The summed E-state index contributed by atoms with van der Waals surface area (Å²) >= 11 is 0. The molecule has 0 bridgehead atoms. The lowest BCUT2D eigenvalue weighted by Gasteiger charge is -2.35. The molecule has 146 valence electrons. The van der Waals surface area contributed by atoms with E-state index in [1.54, 1.807) is 17.0 Å². The molecule has 1 atom stereocenters. The van der Waals surface area contributed by atoms with E-state index >= 15 is 0 Å². The largest absolute Gasteiger partial charge is 0.465 e. The summed E-state index contributed by atoms with van der Waals surface area (Å²) in [6.45, 7) is 3.07. The predicted octanol–water partition coefficient (Wildman–Crippen LogP) is 1.09. The van der Waals surface area contributed by atoms with Crippen LogP contribution in [-0.4, -0.2) is 73.5 Å². The summed E-state index contributed by atoms with van der Waals surface area (Å²) in [4.78, 5) is 38.5. The summed E-state index contributed by atoms with van der Waals surface area (Å²) < 4.78 is 19.7. The molecule has 0 radical (unpaired) electrons. The van der Waals surface area contributed by atoms with Crippen LogP contribution in [0, 0.1) is 5.82 Å². The number of rotatable bonds is 4. The number of nitrogens with zero attached hydrogens (tertiary/aromatic N) is 3. The fraction of sp³-hybridized carbons (Fsp3) is 0.471. The molecule has 9 nitrogen and oxygen atoms in total. The highest BCUT2D eigenvalue weighted by Crippen LogP contribution is 2.29. The molecule has 0 saturated carbocycles. The van der Waals surface area contributed by atoms with Crippen LogP contribution < -0.4 is 15.1 Å². The van der Waals surface area contributed by atoms with Gasteiger partial charge in [0.15, 0.2) is 0 Å². The van der Waals surface area contributed by atoms with Crippen molar-refractivity contribution in [2.75, 3.05) is 49.1 Å². The van der Waals surface area contributed by atoms with E-state index in [2.05, 4.69) is 5.32 Å². The van der Waals surface area contributed by atoms with E-state index in [0.717, 1.165) is 0 Å². The number of hydrogen-bond donors (Lipinski definition) is 2. The maximum Gasteiger partial charge on any atom is 0.414 e. The minimum atomic E-state index is -0.983. The van der Waals surface area contributed by atoms with Gasteiger partial charge < -0.3 is 25.0 Å². The van der Waals surface area contributed by atoms with Crippen LogP contribution in [0.4, 0.5) is 25.4 Å². The summed E-state index contributed by atoms with van der Waals surface area (Å²) in [6, 6.07) is 4.04. The summed E-state index contributed by atoms with van der Waals surface area (Å²) in [5.41, 5.74) is 0.702. The van der Waals surface area contributed by atoms with Gasteiger partial charge in [-0.2, -0.15) is 0 Å². The predicted molar refractivity (Wildman–Crippen MR) is 94.5 cm³/mol. The molecule has 1 aromatic rings.